The first-order valence-electron chi connectivity index (χ1n) is 6.54. The van der Waals surface area contributed by atoms with Gasteiger partial charge >= 0.3 is 0 Å². The molecule has 0 radical (unpaired) electrons. The first-order chi connectivity index (χ1) is 10.9. The molecule has 2 aromatic rings. The average Bonchev–Trinajstić information content (AvgIpc) is 2.54. The number of hydrogen-bond donors (Lipinski definition) is 0. The molecular weight excluding hydrogens is 322 g/mol. The van der Waals surface area contributed by atoms with Crippen LogP contribution in [0.2, 0.25) is 0 Å². The van der Waals surface area contributed by atoms with Crippen molar-refractivity contribution in [3.63, 3.8) is 0 Å². The van der Waals surface area contributed by atoms with Crippen molar-refractivity contribution in [2.45, 2.75) is 11.4 Å². The zero-order valence-electron chi connectivity index (χ0n) is 12.5. The monoisotopic (exact) mass is 337 g/mol. The van der Waals surface area contributed by atoms with E-state index in [4.69, 9.17) is 4.74 Å². The summed E-state index contributed by atoms with van der Waals surface area (Å²) in [7, 11) is -1.18. The molecule has 1 aromatic carbocycles. The summed E-state index contributed by atoms with van der Waals surface area (Å²) in [4.78, 5) is 14.0. The van der Waals surface area contributed by atoms with Gasteiger partial charge in [-0.15, -0.1) is 0 Å². The number of nitrogens with zero attached hydrogens (tertiary/aromatic N) is 3. The Balaban J connectivity index is 2.37. The van der Waals surface area contributed by atoms with Crippen LogP contribution in [0.4, 0.5) is 5.69 Å². The molecule has 1 aromatic heterocycles. The summed E-state index contributed by atoms with van der Waals surface area (Å²) in [5, 5.41) is 10.8. The molecule has 0 saturated heterocycles. The highest BCUT2D eigenvalue weighted by Gasteiger charge is 2.26. The van der Waals surface area contributed by atoms with E-state index in [-0.39, 0.29) is 22.9 Å². The Hall–Kier alpha value is -2.52. The van der Waals surface area contributed by atoms with Crippen LogP contribution in [0, 0.1) is 10.1 Å². The van der Waals surface area contributed by atoms with Gasteiger partial charge < -0.3 is 4.74 Å². The lowest BCUT2D eigenvalue weighted by molar-refractivity contribution is -0.385. The lowest BCUT2D eigenvalue weighted by atomic mass is 10.3. The molecule has 0 unspecified atom stereocenters. The second-order valence-corrected chi connectivity index (χ2v) is 6.73. The van der Waals surface area contributed by atoms with E-state index in [0.717, 1.165) is 22.0 Å². The van der Waals surface area contributed by atoms with Crippen LogP contribution in [0.15, 0.2) is 47.6 Å². The third-order valence-corrected chi connectivity index (χ3v) is 5.02. The van der Waals surface area contributed by atoms with E-state index in [9.17, 15) is 18.5 Å². The van der Waals surface area contributed by atoms with Crippen LogP contribution in [0.1, 0.15) is 5.56 Å². The Morgan fingerprint density at radius 1 is 1.35 bits per heavy atom. The summed E-state index contributed by atoms with van der Waals surface area (Å²) in [5.41, 5.74) is 0.482. The maximum atomic E-state index is 12.7. The van der Waals surface area contributed by atoms with E-state index in [0.29, 0.717) is 0 Å². The smallest absolute Gasteiger partial charge is 0.273 e. The van der Waals surface area contributed by atoms with Gasteiger partial charge in [0.15, 0.2) is 0 Å². The van der Waals surface area contributed by atoms with Gasteiger partial charge in [-0.05, 0) is 17.7 Å². The number of rotatable bonds is 6. The second-order valence-electron chi connectivity index (χ2n) is 4.71. The van der Waals surface area contributed by atoms with Crippen LogP contribution in [-0.4, -0.2) is 36.8 Å². The molecule has 0 spiro atoms. The summed E-state index contributed by atoms with van der Waals surface area (Å²) in [6.45, 7) is 0.121. The number of nitro benzene ring substituents is 1. The van der Waals surface area contributed by atoms with Crippen molar-refractivity contribution in [1.29, 1.82) is 0 Å². The van der Waals surface area contributed by atoms with Gasteiger partial charge in [-0.25, -0.2) is 8.42 Å². The molecule has 2 rings (SSSR count). The van der Waals surface area contributed by atoms with E-state index in [2.05, 4.69) is 4.98 Å². The number of nitro groups is 1. The minimum absolute atomic E-state index is 0.0720. The summed E-state index contributed by atoms with van der Waals surface area (Å²) < 4.78 is 31.4. The summed E-state index contributed by atoms with van der Waals surface area (Å²) in [6.07, 6.45) is 3.16. The molecule has 0 aliphatic carbocycles. The first-order valence-corrected chi connectivity index (χ1v) is 7.98. The predicted octanol–water partition coefficient (Wildman–Crippen LogP) is 1.82. The Morgan fingerprint density at radius 2 is 2.09 bits per heavy atom. The highest BCUT2D eigenvalue weighted by molar-refractivity contribution is 7.89. The van der Waals surface area contributed by atoms with Crippen molar-refractivity contribution in [2.75, 3.05) is 14.2 Å². The fourth-order valence-corrected chi connectivity index (χ4v) is 3.28. The number of non-ortho nitro benzene ring substituents is 1. The second kappa shape index (κ2) is 6.71. The van der Waals surface area contributed by atoms with Crippen molar-refractivity contribution < 1.29 is 18.1 Å². The molecule has 8 nitrogen and oxygen atoms in total. The third kappa shape index (κ3) is 3.63. The number of methoxy groups -OCH3 is 1. The Kier molecular flexibility index (Phi) is 4.92. The van der Waals surface area contributed by atoms with Gasteiger partial charge in [0.2, 0.25) is 10.0 Å². The molecule has 0 amide bonds. The maximum Gasteiger partial charge on any atom is 0.273 e. The molecule has 0 saturated carbocycles. The molecule has 0 bridgehead atoms. The Morgan fingerprint density at radius 3 is 2.65 bits per heavy atom. The van der Waals surface area contributed by atoms with E-state index in [1.807, 2.05) is 0 Å². The highest BCUT2D eigenvalue weighted by Crippen LogP contribution is 2.30. The third-order valence-electron chi connectivity index (χ3n) is 3.17. The molecule has 0 atom stereocenters. The van der Waals surface area contributed by atoms with Crippen molar-refractivity contribution in [3.05, 3.63) is 58.4 Å². The van der Waals surface area contributed by atoms with Crippen molar-refractivity contribution in [1.82, 2.24) is 9.29 Å². The van der Waals surface area contributed by atoms with Crippen molar-refractivity contribution in [3.8, 4) is 5.75 Å². The van der Waals surface area contributed by atoms with Crippen molar-refractivity contribution in [2.24, 2.45) is 0 Å². The molecule has 0 aliphatic heterocycles. The van der Waals surface area contributed by atoms with Gasteiger partial charge in [0.1, 0.15) is 10.6 Å². The molecule has 0 aliphatic rings. The SMILES string of the molecule is COc1cc([N+](=O)[O-])ccc1S(=O)(=O)N(C)Cc1cccnc1. The number of benzene rings is 1. The number of pyridine rings is 1. The molecule has 9 heteroatoms. The zero-order chi connectivity index (χ0) is 17.0. The fraction of sp³-hybridized carbons (Fsp3) is 0.214. The molecule has 1 heterocycles. The number of sulfonamides is 1. The van der Waals surface area contributed by atoms with Gasteiger partial charge in [0.25, 0.3) is 5.69 Å². The van der Waals surface area contributed by atoms with E-state index < -0.39 is 14.9 Å². The number of aromatic nitrogens is 1. The lowest BCUT2D eigenvalue weighted by Gasteiger charge is -2.18. The van der Waals surface area contributed by atoms with Crippen LogP contribution in [0.25, 0.3) is 0 Å². The molecular formula is C14H15N3O5S. The normalized spacial score (nSPS) is 11.4. The van der Waals surface area contributed by atoms with Crippen LogP contribution in [0.3, 0.4) is 0 Å². The molecule has 122 valence electrons. The van der Waals surface area contributed by atoms with Gasteiger partial charge in [0, 0.05) is 32.1 Å². The van der Waals surface area contributed by atoms with Gasteiger partial charge in [-0.2, -0.15) is 4.31 Å². The fourth-order valence-electron chi connectivity index (χ4n) is 1.98. The van der Waals surface area contributed by atoms with Crippen LogP contribution in [0.5, 0.6) is 5.75 Å². The van der Waals surface area contributed by atoms with Gasteiger partial charge in [-0.1, -0.05) is 6.07 Å². The van der Waals surface area contributed by atoms with Crippen LogP contribution in [-0.2, 0) is 16.6 Å². The van der Waals surface area contributed by atoms with Crippen molar-refractivity contribution >= 4 is 15.7 Å². The maximum absolute atomic E-state index is 12.7. The Labute approximate surface area is 133 Å². The lowest BCUT2D eigenvalue weighted by Crippen LogP contribution is -2.27. The highest BCUT2D eigenvalue weighted by atomic mass is 32.2. The minimum atomic E-state index is -3.86. The first kappa shape index (κ1) is 16.8. The predicted molar refractivity (Wildman–Crippen MR) is 82.5 cm³/mol. The molecule has 23 heavy (non-hydrogen) atoms. The summed E-state index contributed by atoms with van der Waals surface area (Å²) >= 11 is 0. The van der Waals surface area contributed by atoms with E-state index >= 15 is 0 Å². The quantitative estimate of drug-likeness (QED) is 0.588. The van der Waals surface area contributed by atoms with Crippen LogP contribution < -0.4 is 4.74 Å². The number of hydrogen-bond acceptors (Lipinski definition) is 6. The topological polar surface area (TPSA) is 103 Å². The largest absolute Gasteiger partial charge is 0.495 e. The number of ether oxygens (including phenoxy) is 1. The Bertz CT molecular complexity index is 808. The van der Waals surface area contributed by atoms with E-state index in [1.165, 1.54) is 20.2 Å². The standard InChI is InChI=1S/C14H15N3O5S/c1-16(10-11-4-3-7-15-9-11)23(20,21)14-6-5-12(17(18)19)8-13(14)22-2/h3-9H,10H2,1-2H3. The van der Waals surface area contributed by atoms with E-state index in [1.54, 1.807) is 24.5 Å². The molecule has 0 N–H and O–H groups in total. The zero-order valence-corrected chi connectivity index (χ0v) is 13.4. The van der Waals surface area contributed by atoms with Gasteiger partial charge in [-0.3, -0.25) is 15.1 Å². The average molecular weight is 337 g/mol. The van der Waals surface area contributed by atoms with Crippen LogP contribution >= 0.6 is 0 Å². The summed E-state index contributed by atoms with van der Waals surface area (Å²) in [6, 6.07) is 6.86. The minimum Gasteiger partial charge on any atom is -0.495 e. The molecule has 0 fully saturated rings. The summed E-state index contributed by atoms with van der Waals surface area (Å²) in [5.74, 6) is -0.0720. The van der Waals surface area contributed by atoms with Gasteiger partial charge in [0.05, 0.1) is 18.1 Å².